The number of allylic oxidation sites excluding steroid dienone is 2. The molecule has 0 bridgehead atoms. The average Bonchev–Trinajstić information content (AvgIpc) is 3.81. The molecule has 1 saturated heterocycles. The third kappa shape index (κ3) is 10.2. The van der Waals surface area contributed by atoms with Crippen molar-refractivity contribution in [2.45, 2.75) is 103 Å². The Balaban J connectivity index is 1.46. The number of unbranched alkanes of at least 4 members (excludes halogenated alkanes) is 3. The number of amides is 4. The Bertz CT molecular complexity index is 1820. The highest BCUT2D eigenvalue weighted by molar-refractivity contribution is 5.95. The van der Waals surface area contributed by atoms with Gasteiger partial charge in [-0.25, -0.2) is 29.8 Å². The van der Waals surface area contributed by atoms with Crippen LogP contribution in [0.25, 0.3) is 22.2 Å². The van der Waals surface area contributed by atoms with Crippen LogP contribution in [0.4, 0.5) is 9.59 Å². The molecule has 1 aliphatic heterocycles. The van der Waals surface area contributed by atoms with E-state index in [1.807, 2.05) is 67.6 Å². The maximum absolute atomic E-state index is 14.5. The van der Waals surface area contributed by atoms with Gasteiger partial charge in [0.05, 0.1) is 31.5 Å². The van der Waals surface area contributed by atoms with Crippen molar-refractivity contribution >= 4 is 34.9 Å². The van der Waals surface area contributed by atoms with Gasteiger partial charge >= 0.3 is 18.1 Å². The van der Waals surface area contributed by atoms with E-state index in [1.54, 1.807) is 34.8 Å². The van der Waals surface area contributed by atoms with Gasteiger partial charge in [0, 0.05) is 36.0 Å². The average molecular weight is 744 g/mol. The fourth-order valence-electron chi connectivity index (χ4n) is 6.41. The van der Waals surface area contributed by atoms with Crippen LogP contribution >= 0.6 is 0 Å². The second kappa shape index (κ2) is 17.7. The smallest absolute Gasteiger partial charge is 0.426 e. The lowest BCUT2D eigenvalue weighted by Crippen LogP contribution is -2.58. The summed E-state index contributed by atoms with van der Waals surface area (Å²) in [5.41, 5.74) is 2.91. The van der Waals surface area contributed by atoms with E-state index in [4.69, 9.17) is 23.9 Å². The minimum atomic E-state index is -1.13. The number of fused-ring (bicyclic) bond motifs is 1. The van der Waals surface area contributed by atoms with Crippen LogP contribution < -0.4 is 20.2 Å². The first-order valence-corrected chi connectivity index (χ1v) is 18.8. The molecule has 5 rings (SSSR count). The lowest BCUT2D eigenvalue weighted by atomic mass is 10.1. The quantitative estimate of drug-likeness (QED) is 0.0775. The Hall–Kier alpha value is -5.33. The van der Waals surface area contributed by atoms with E-state index >= 15 is 0 Å². The highest BCUT2D eigenvalue weighted by Crippen LogP contribution is 2.38. The number of nitrogens with zero attached hydrogens (tertiary/aromatic N) is 3. The molecule has 13 nitrogen and oxygen atoms in total. The van der Waals surface area contributed by atoms with Crippen molar-refractivity contribution in [3.63, 3.8) is 0 Å². The van der Waals surface area contributed by atoms with Crippen molar-refractivity contribution in [3.8, 4) is 22.8 Å². The number of methoxy groups -OCH3 is 1. The molecule has 1 aliphatic carbocycles. The molecule has 1 aromatic heterocycles. The first-order valence-electron chi connectivity index (χ1n) is 18.8. The number of hydrogen-bond donors (Lipinski definition) is 2. The van der Waals surface area contributed by atoms with E-state index in [2.05, 4.69) is 16.8 Å². The number of aromatic nitrogens is 1. The maximum atomic E-state index is 14.5. The molecule has 2 atom stereocenters. The monoisotopic (exact) mass is 743 g/mol. The lowest BCUT2D eigenvalue weighted by molar-refractivity contribution is -0.149. The van der Waals surface area contributed by atoms with Crippen LogP contribution in [-0.2, 0) is 19.1 Å². The fourth-order valence-corrected chi connectivity index (χ4v) is 6.41. The van der Waals surface area contributed by atoms with Crippen molar-refractivity contribution in [1.82, 2.24) is 25.6 Å². The van der Waals surface area contributed by atoms with E-state index in [-0.39, 0.29) is 26.1 Å². The van der Waals surface area contributed by atoms with Crippen LogP contribution in [0.15, 0.2) is 66.7 Å². The Morgan fingerprint density at radius 1 is 1.04 bits per heavy atom. The number of likely N-dealkylation sites (tertiary alicyclic amines) is 1. The zero-order valence-corrected chi connectivity index (χ0v) is 32.2. The largest absolute Gasteiger partial charge is 0.497 e. The molecule has 2 heterocycles. The van der Waals surface area contributed by atoms with Gasteiger partial charge in [-0.3, -0.25) is 4.79 Å². The number of hydrogen-bond acceptors (Lipinski definition) is 9. The number of benzene rings is 2. The molecule has 3 aromatic rings. The van der Waals surface area contributed by atoms with Crippen LogP contribution in [0.2, 0.25) is 0 Å². The summed E-state index contributed by atoms with van der Waals surface area (Å²) >= 11 is 0. The molecule has 2 aromatic carbocycles. The van der Waals surface area contributed by atoms with Gasteiger partial charge in [-0.2, -0.15) is 0 Å². The molecular formula is C41H53N5O8. The number of nitrogens with one attached hydrogen (secondary N) is 2. The van der Waals surface area contributed by atoms with Gasteiger partial charge in [-0.05, 0) is 78.9 Å². The summed E-state index contributed by atoms with van der Waals surface area (Å²) in [7, 11) is 1.59. The number of carbonyl (C=O) groups excluding carboxylic acids is 4. The molecule has 0 spiro atoms. The molecule has 13 heteroatoms. The molecule has 1 saturated carbocycles. The summed E-state index contributed by atoms with van der Waals surface area (Å²) < 4.78 is 22.9. The van der Waals surface area contributed by atoms with Crippen molar-refractivity contribution in [3.05, 3.63) is 66.7 Å². The van der Waals surface area contributed by atoms with Gasteiger partial charge in [-0.1, -0.05) is 48.9 Å². The van der Waals surface area contributed by atoms with Crippen molar-refractivity contribution in [2.75, 3.05) is 26.8 Å². The van der Waals surface area contributed by atoms with E-state index in [1.165, 1.54) is 9.91 Å². The Labute approximate surface area is 317 Å². The SMILES string of the molecule is C/C=C\CCCCCN(NC(=O)OC(C)(C)C)C(=O)N1C[C@H](Oc2cc(-c3ccccc3)nc3cc(OC)ccc23)C[C@H]1C(=O)NC1(C(=O)OCC)CC1. The maximum Gasteiger partial charge on any atom is 0.426 e. The summed E-state index contributed by atoms with van der Waals surface area (Å²) in [6, 6.07) is 15.5. The van der Waals surface area contributed by atoms with Crippen LogP contribution in [0.1, 0.15) is 79.6 Å². The number of pyridine rings is 1. The molecule has 0 unspecified atom stereocenters. The van der Waals surface area contributed by atoms with Gasteiger partial charge in [0.1, 0.15) is 34.8 Å². The predicted molar refractivity (Wildman–Crippen MR) is 205 cm³/mol. The number of hydrazine groups is 1. The normalized spacial score (nSPS) is 17.6. The molecule has 2 aliphatic rings. The molecule has 290 valence electrons. The van der Waals surface area contributed by atoms with Gasteiger partial charge in [0.2, 0.25) is 5.91 Å². The molecule has 54 heavy (non-hydrogen) atoms. The summed E-state index contributed by atoms with van der Waals surface area (Å²) in [4.78, 5) is 60.7. The molecule has 0 radical (unpaired) electrons. The van der Waals surface area contributed by atoms with Crippen molar-refractivity contribution in [2.24, 2.45) is 0 Å². The third-order valence-corrected chi connectivity index (χ3v) is 9.28. The Morgan fingerprint density at radius 2 is 1.80 bits per heavy atom. The predicted octanol–water partition coefficient (Wildman–Crippen LogP) is 6.94. The van der Waals surface area contributed by atoms with E-state index in [0.717, 1.165) is 30.2 Å². The Morgan fingerprint density at radius 3 is 2.46 bits per heavy atom. The summed E-state index contributed by atoms with van der Waals surface area (Å²) in [5.74, 6) is 0.156. The molecular weight excluding hydrogens is 690 g/mol. The highest BCUT2D eigenvalue weighted by Gasteiger charge is 2.55. The molecule has 2 fully saturated rings. The second-order valence-corrected chi connectivity index (χ2v) is 14.7. The molecule has 4 amide bonds. The third-order valence-electron chi connectivity index (χ3n) is 9.28. The minimum Gasteiger partial charge on any atom is -0.497 e. The molecule has 2 N–H and O–H groups in total. The fraction of sp³-hybridized carbons (Fsp3) is 0.488. The minimum absolute atomic E-state index is 0.0256. The van der Waals surface area contributed by atoms with Crippen molar-refractivity contribution in [1.29, 1.82) is 0 Å². The highest BCUT2D eigenvalue weighted by atomic mass is 16.6. The lowest BCUT2D eigenvalue weighted by Gasteiger charge is -2.32. The number of rotatable bonds is 14. The van der Waals surface area contributed by atoms with E-state index in [9.17, 15) is 19.2 Å². The number of urea groups is 1. The standard InChI is InChI=1S/C41H53N5O8/c1-7-9-10-11-12-16-23-46(44-38(49)54-40(3,4)5)39(50)45-27-30(25-34(45)36(47)43-41(21-22-41)37(48)52-8-2)53-35-26-32(28-17-14-13-15-18-28)42-33-24-29(51-6)19-20-31(33)35/h7,9,13-15,17-20,24,26,30,34H,8,10-12,16,21-23,25,27H2,1-6H3,(H,43,47)(H,44,49)/b9-7-/t30-,34+/m1/s1. The van der Waals surface area contributed by atoms with Crippen LogP contribution in [0.5, 0.6) is 11.5 Å². The van der Waals surface area contributed by atoms with Gasteiger partial charge in [0.15, 0.2) is 0 Å². The van der Waals surface area contributed by atoms with Gasteiger partial charge in [-0.15, -0.1) is 0 Å². The van der Waals surface area contributed by atoms with Crippen LogP contribution in [-0.4, -0.2) is 89.0 Å². The van der Waals surface area contributed by atoms with Crippen molar-refractivity contribution < 1.29 is 38.1 Å². The number of esters is 1. The topological polar surface area (TPSA) is 149 Å². The first kappa shape index (κ1) is 39.9. The summed E-state index contributed by atoms with van der Waals surface area (Å²) in [6.45, 7) is 9.29. The van der Waals surface area contributed by atoms with Gasteiger partial charge in [0.25, 0.3) is 0 Å². The Kier molecular flexibility index (Phi) is 13.0. The van der Waals surface area contributed by atoms with Gasteiger partial charge < -0.3 is 29.2 Å². The number of carbonyl (C=O) groups is 4. The summed E-state index contributed by atoms with van der Waals surface area (Å²) in [6.07, 6.45) is 6.89. The zero-order chi connectivity index (χ0) is 38.9. The summed E-state index contributed by atoms with van der Waals surface area (Å²) in [5, 5.41) is 4.84. The second-order valence-electron chi connectivity index (χ2n) is 14.7. The van der Waals surface area contributed by atoms with E-state index in [0.29, 0.717) is 42.0 Å². The first-order chi connectivity index (χ1) is 25.9. The number of ether oxygens (including phenoxy) is 4. The van der Waals surface area contributed by atoms with Crippen LogP contribution in [0, 0.1) is 0 Å². The van der Waals surface area contributed by atoms with E-state index < -0.39 is 47.3 Å². The zero-order valence-electron chi connectivity index (χ0n) is 32.2. The van der Waals surface area contributed by atoms with Crippen LogP contribution in [0.3, 0.4) is 0 Å².